The molecule has 2 N–H and O–H groups in total. The number of rotatable bonds is 6. The third kappa shape index (κ3) is 3.69. The molecule has 0 spiro atoms. The molecular weight excluding hydrogens is 266 g/mol. The normalized spacial score (nSPS) is 26.8. The van der Waals surface area contributed by atoms with Gasteiger partial charge in [-0.05, 0) is 61.3 Å². The van der Waals surface area contributed by atoms with Crippen LogP contribution in [-0.2, 0) is 9.53 Å². The van der Waals surface area contributed by atoms with Gasteiger partial charge in [0, 0.05) is 5.69 Å². The maximum absolute atomic E-state index is 11.7. The van der Waals surface area contributed by atoms with Crippen molar-refractivity contribution in [2.45, 2.75) is 32.1 Å². The van der Waals surface area contributed by atoms with E-state index in [0.717, 1.165) is 17.6 Å². The van der Waals surface area contributed by atoms with Crippen molar-refractivity contribution in [2.75, 3.05) is 18.9 Å². The molecule has 1 aromatic rings. The summed E-state index contributed by atoms with van der Waals surface area (Å²) in [7, 11) is 0. The Morgan fingerprint density at radius 3 is 2.67 bits per heavy atom. The third-order valence-corrected chi connectivity index (χ3v) is 4.80. The highest BCUT2D eigenvalue weighted by molar-refractivity contribution is 5.69. The minimum atomic E-state index is -0.159. The number of nitrogens with two attached hydrogens (primary N) is 1. The lowest BCUT2D eigenvalue weighted by Crippen LogP contribution is -2.20. The molecule has 1 aromatic carbocycles. The molecule has 2 aliphatic rings. The van der Waals surface area contributed by atoms with Gasteiger partial charge in [-0.25, -0.2) is 0 Å². The van der Waals surface area contributed by atoms with E-state index in [-0.39, 0.29) is 5.97 Å². The number of carbonyl (C=O) groups excluding carboxylic acids is 1. The molecule has 2 aliphatic carbocycles. The summed E-state index contributed by atoms with van der Waals surface area (Å²) in [6.07, 6.45) is 5.60. The summed E-state index contributed by atoms with van der Waals surface area (Å²) < 4.78 is 10.9. The molecular formula is C17H23NO3. The summed E-state index contributed by atoms with van der Waals surface area (Å²) in [5.74, 6) is 2.87. The molecule has 114 valence electrons. The van der Waals surface area contributed by atoms with Crippen molar-refractivity contribution >= 4 is 11.7 Å². The summed E-state index contributed by atoms with van der Waals surface area (Å²) in [5, 5.41) is 0. The summed E-state index contributed by atoms with van der Waals surface area (Å²) in [5.41, 5.74) is 6.30. The second-order valence-electron chi connectivity index (χ2n) is 6.29. The van der Waals surface area contributed by atoms with Gasteiger partial charge in [0.2, 0.25) is 0 Å². The topological polar surface area (TPSA) is 61.5 Å². The van der Waals surface area contributed by atoms with Gasteiger partial charge in [-0.15, -0.1) is 0 Å². The molecule has 0 heterocycles. The van der Waals surface area contributed by atoms with E-state index < -0.39 is 0 Å². The Kier molecular flexibility index (Phi) is 4.32. The number of ether oxygens (including phenoxy) is 2. The largest absolute Gasteiger partial charge is 0.493 e. The summed E-state index contributed by atoms with van der Waals surface area (Å²) in [6.45, 7) is 0.946. The smallest absolute Gasteiger partial charge is 0.309 e. The monoisotopic (exact) mass is 289 g/mol. The van der Waals surface area contributed by atoms with Crippen molar-refractivity contribution in [3.05, 3.63) is 24.3 Å². The molecule has 2 bridgehead atoms. The highest BCUT2D eigenvalue weighted by Gasteiger charge is 2.39. The lowest BCUT2D eigenvalue weighted by molar-refractivity contribution is -0.146. The molecule has 0 radical (unpaired) electrons. The minimum Gasteiger partial charge on any atom is -0.493 e. The number of anilines is 1. The maximum Gasteiger partial charge on any atom is 0.309 e. The van der Waals surface area contributed by atoms with Gasteiger partial charge in [0.25, 0.3) is 0 Å². The zero-order valence-electron chi connectivity index (χ0n) is 12.3. The number of benzene rings is 1. The van der Waals surface area contributed by atoms with E-state index in [1.165, 1.54) is 25.7 Å². The van der Waals surface area contributed by atoms with Gasteiger partial charge in [0.1, 0.15) is 5.75 Å². The van der Waals surface area contributed by atoms with Crippen LogP contribution in [0.15, 0.2) is 24.3 Å². The first-order chi connectivity index (χ1) is 10.2. The first-order valence-corrected chi connectivity index (χ1v) is 7.84. The van der Waals surface area contributed by atoms with Gasteiger partial charge < -0.3 is 15.2 Å². The van der Waals surface area contributed by atoms with E-state index >= 15 is 0 Å². The quantitative estimate of drug-likeness (QED) is 0.646. The molecule has 0 saturated heterocycles. The molecule has 3 unspecified atom stereocenters. The Hall–Kier alpha value is -1.71. The van der Waals surface area contributed by atoms with E-state index in [1.54, 1.807) is 24.3 Å². The number of esters is 1. The van der Waals surface area contributed by atoms with Crippen LogP contribution < -0.4 is 10.5 Å². The molecule has 2 saturated carbocycles. The Morgan fingerprint density at radius 1 is 1.19 bits per heavy atom. The van der Waals surface area contributed by atoms with Gasteiger partial charge in [0.05, 0.1) is 19.6 Å². The summed E-state index contributed by atoms with van der Waals surface area (Å²) >= 11 is 0. The zero-order chi connectivity index (χ0) is 14.7. The molecule has 4 heteroatoms. The Balaban J connectivity index is 1.32. The maximum atomic E-state index is 11.7. The average molecular weight is 289 g/mol. The fourth-order valence-corrected chi connectivity index (χ4v) is 3.67. The van der Waals surface area contributed by atoms with Gasteiger partial charge >= 0.3 is 5.97 Å². The van der Waals surface area contributed by atoms with E-state index in [9.17, 15) is 4.79 Å². The van der Waals surface area contributed by atoms with Crippen LogP contribution in [0.5, 0.6) is 5.75 Å². The summed E-state index contributed by atoms with van der Waals surface area (Å²) in [6, 6.07) is 7.16. The average Bonchev–Trinajstić information content (AvgIpc) is 3.10. The van der Waals surface area contributed by atoms with Crippen molar-refractivity contribution in [2.24, 2.45) is 17.8 Å². The zero-order valence-corrected chi connectivity index (χ0v) is 12.3. The van der Waals surface area contributed by atoms with Crippen molar-refractivity contribution in [3.63, 3.8) is 0 Å². The second-order valence-corrected chi connectivity index (χ2v) is 6.29. The molecule has 2 fully saturated rings. The van der Waals surface area contributed by atoms with Crippen LogP contribution in [0.2, 0.25) is 0 Å². The standard InChI is InChI=1S/C17H23NO3/c18-15-3-5-16(6-4-15)20-8-7-17(19)21-11-14-10-12-1-2-13(14)9-12/h3-6,12-14H,1-2,7-11,18H2. The van der Waals surface area contributed by atoms with Crippen molar-refractivity contribution in [1.29, 1.82) is 0 Å². The van der Waals surface area contributed by atoms with Crippen molar-refractivity contribution in [1.82, 2.24) is 0 Å². The number of hydrogen-bond donors (Lipinski definition) is 1. The van der Waals surface area contributed by atoms with Crippen molar-refractivity contribution in [3.8, 4) is 5.75 Å². The molecule has 3 rings (SSSR count). The van der Waals surface area contributed by atoms with Gasteiger partial charge in [-0.1, -0.05) is 6.42 Å². The molecule has 0 aliphatic heterocycles. The van der Waals surface area contributed by atoms with Crippen LogP contribution in [0, 0.1) is 17.8 Å². The molecule has 4 nitrogen and oxygen atoms in total. The lowest BCUT2D eigenvalue weighted by Gasteiger charge is -2.21. The van der Waals surface area contributed by atoms with E-state index in [4.69, 9.17) is 15.2 Å². The highest BCUT2D eigenvalue weighted by atomic mass is 16.5. The Labute approximate surface area is 125 Å². The molecule has 3 atom stereocenters. The number of nitrogen functional groups attached to an aromatic ring is 1. The Bertz CT molecular complexity index is 485. The van der Waals surface area contributed by atoms with Crippen LogP contribution in [0.3, 0.4) is 0 Å². The van der Waals surface area contributed by atoms with Crippen LogP contribution in [0.25, 0.3) is 0 Å². The highest BCUT2D eigenvalue weighted by Crippen LogP contribution is 2.48. The predicted molar refractivity (Wildman–Crippen MR) is 80.9 cm³/mol. The first-order valence-electron chi connectivity index (χ1n) is 7.84. The SMILES string of the molecule is Nc1ccc(OCCC(=O)OCC2CC3CCC2C3)cc1. The first kappa shape index (κ1) is 14.2. The third-order valence-electron chi connectivity index (χ3n) is 4.80. The van der Waals surface area contributed by atoms with Crippen molar-refractivity contribution < 1.29 is 14.3 Å². The van der Waals surface area contributed by atoms with E-state index in [1.807, 2.05) is 0 Å². The second kappa shape index (κ2) is 6.37. The minimum absolute atomic E-state index is 0.159. The summed E-state index contributed by atoms with van der Waals surface area (Å²) in [4.78, 5) is 11.7. The van der Waals surface area contributed by atoms with E-state index in [0.29, 0.717) is 31.2 Å². The predicted octanol–water partition coefficient (Wildman–Crippen LogP) is 3.02. The van der Waals surface area contributed by atoms with Crippen LogP contribution in [0.4, 0.5) is 5.69 Å². The van der Waals surface area contributed by atoms with Crippen LogP contribution in [0.1, 0.15) is 32.1 Å². The fourth-order valence-electron chi connectivity index (χ4n) is 3.67. The van der Waals surface area contributed by atoms with Crippen LogP contribution in [-0.4, -0.2) is 19.2 Å². The number of hydrogen-bond acceptors (Lipinski definition) is 4. The molecule has 21 heavy (non-hydrogen) atoms. The van der Waals surface area contributed by atoms with E-state index in [2.05, 4.69) is 0 Å². The van der Waals surface area contributed by atoms with Gasteiger partial charge in [-0.2, -0.15) is 0 Å². The molecule has 0 aromatic heterocycles. The van der Waals surface area contributed by atoms with Gasteiger partial charge in [-0.3, -0.25) is 4.79 Å². The Morgan fingerprint density at radius 2 is 2.00 bits per heavy atom. The molecule has 0 amide bonds. The fraction of sp³-hybridized carbons (Fsp3) is 0.588. The van der Waals surface area contributed by atoms with Crippen LogP contribution >= 0.6 is 0 Å². The van der Waals surface area contributed by atoms with Gasteiger partial charge in [0.15, 0.2) is 0 Å². The lowest BCUT2D eigenvalue weighted by atomic mass is 9.90. The number of carbonyl (C=O) groups is 1. The number of fused-ring (bicyclic) bond motifs is 2.